The van der Waals surface area contributed by atoms with Gasteiger partial charge < -0.3 is 4.74 Å². The first-order chi connectivity index (χ1) is 6.34. The molecule has 4 atom stereocenters. The van der Waals surface area contributed by atoms with Crippen molar-refractivity contribution in [3.8, 4) is 0 Å². The van der Waals surface area contributed by atoms with Crippen molar-refractivity contribution in [3.63, 3.8) is 0 Å². The minimum absolute atomic E-state index is 0.0807. The predicted octanol–water partition coefficient (Wildman–Crippen LogP) is 2.67. The van der Waals surface area contributed by atoms with Gasteiger partial charge in [-0.15, -0.1) is 23.2 Å². The van der Waals surface area contributed by atoms with Crippen LogP contribution in [-0.2, 0) is 9.53 Å². The second kappa shape index (κ2) is 3.90. The lowest BCUT2D eigenvalue weighted by Gasteiger charge is -2.12. The SMILES string of the molecule is COC(=O)[C@@H]1C(C(Cl)C(C)Cl)C1(C)C. The molecule has 1 rings (SSSR count). The standard InChI is InChI=1S/C10H16Cl2O2/c1-5(11)8(12)6-7(9(13)14-4)10(6,2)3/h5-8H,1-4H3/t5?,6?,7-,8?/m0/s1. The fraction of sp³-hybridized carbons (Fsp3) is 0.900. The highest BCUT2D eigenvalue weighted by Crippen LogP contribution is 2.62. The van der Waals surface area contributed by atoms with Crippen LogP contribution in [0.5, 0.6) is 0 Å². The number of halogens is 2. The second-order valence-corrected chi connectivity index (χ2v) is 5.66. The first kappa shape index (κ1) is 12.1. The van der Waals surface area contributed by atoms with Crippen molar-refractivity contribution in [2.24, 2.45) is 17.3 Å². The zero-order chi connectivity index (χ0) is 11.1. The van der Waals surface area contributed by atoms with Crippen LogP contribution in [0.4, 0.5) is 0 Å². The minimum atomic E-state index is -0.178. The molecule has 0 spiro atoms. The second-order valence-electron chi connectivity index (χ2n) is 4.47. The lowest BCUT2D eigenvalue weighted by molar-refractivity contribution is -0.143. The molecular weight excluding hydrogens is 223 g/mol. The summed E-state index contributed by atoms with van der Waals surface area (Å²) in [5.41, 5.74) is -0.0807. The number of carbonyl (C=O) groups is 1. The predicted molar refractivity (Wildman–Crippen MR) is 57.7 cm³/mol. The summed E-state index contributed by atoms with van der Waals surface area (Å²) >= 11 is 12.1. The summed E-state index contributed by atoms with van der Waals surface area (Å²) < 4.78 is 4.73. The van der Waals surface area contributed by atoms with Gasteiger partial charge in [-0.05, 0) is 18.3 Å². The van der Waals surface area contributed by atoms with Gasteiger partial charge in [-0.25, -0.2) is 0 Å². The quantitative estimate of drug-likeness (QED) is 0.559. The highest BCUT2D eigenvalue weighted by molar-refractivity contribution is 6.30. The molecule has 0 N–H and O–H groups in total. The van der Waals surface area contributed by atoms with E-state index in [1.54, 1.807) is 0 Å². The number of alkyl halides is 2. The van der Waals surface area contributed by atoms with Crippen LogP contribution in [0.3, 0.4) is 0 Å². The summed E-state index contributed by atoms with van der Waals surface area (Å²) in [6, 6.07) is 0. The maximum Gasteiger partial charge on any atom is 0.309 e. The Morgan fingerprint density at radius 1 is 1.43 bits per heavy atom. The molecular formula is C10H16Cl2O2. The van der Waals surface area contributed by atoms with Gasteiger partial charge in [-0.1, -0.05) is 13.8 Å². The lowest BCUT2D eigenvalue weighted by Crippen LogP contribution is -2.17. The van der Waals surface area contributed by atoms with Crippen molar-refractivity contribution in [2.75, 3.05) is 7.11 Å². The molecule has 1 aliphatic rings. The highest BCUT2D eigenvalue weighted by Gasteiger charge is 2.65. The number of ether oxygens (including phenoxy) is 1. The molecule has 4 heteroatoms. The van der Waals surface area contributed by atoms with Crippen molar-refractivity contribution < 1.29 is 9.53 Å². The molecule has 0 radical (unpaired) electrons. The van der Waals surface area contributed by atoms with Gasteiger partial charge in [0, 0.05) is 5.38 Å². The molecule has 0 aliphatic heterocycles. The molecule has 1 saturated carbocycles. The van der Waals surface area contributed by atoms with E-state index in [0.29, 0.717) is 0 Å². The maximum atomic E-state index is 11.4. The van der Waals surface area contributed by atoms with E-state index in [1.165, 1.54) is 7.11 Å². The van der Waals surface area contributed by atoms with Gasteiger partial charge in [0.2, 0.25) is 0 Å². The smallest absolute Gasteiger partial charge is 0.309 e. The summed E-state index contributed by atoms with van der Waals surface area (Å²) in [5.74, 6) is -0.150. The summed E-state index contributed by atoms with van der Waals surface area (Å²) in [4.78, 5) is 11.4. The van der Waals surface area contributed by atoms with Crippen molar-refractivity contribution >= 4 is 29.2 Å². The minimum Gasteiger partial charge on any atom is -0.469 e. The van der Waals surface area contributed by atoms with Crippen LogP contribution >= 0.6 is 23.2 Å². The Labute approximate surface area is 94.9 Å². The number of methoxy groups -OCH3 is 1. The van der Waals surface area contributed by atoms with Crippen LogP contribution in [0.25, 0.3) is 0 Å². The van der Waals surface area contributed by atoms with Gasteiger partial charge in [0.1, 0.15) is 0 Å². The number of carbonyl (C=O) groups excluding carboxylic acids is 1. The zero-order valence-corrected chi connectivity index (χ0v) is 10.4. The van der Waals surface area contributed by atoms with E-state index < -0.39 is 0 Å². The number of rotatable bonds is 3. The molecule has 0 heterocycles. The largest absolute Gasteiger partial charge is 0.469 e. The maximum absolute atomic E-state index is 11.4. The van der Waals surface area contributed by atoms with Crippen LogP contribution in [0.15, 0.2) is 0 Å². The molecule has 0 aromatic carbocycles. The van der Waals surface area contributed by atoms with E-state index >= 15 is 0 Å². The van der Waals surface area contributed by atoms with Crippen LogP contribution < -0.4 is 0 Å². The number of esters is 1. The van der Waals surface area contributed by atoms with E-state index in [0.717, 1.165) is 0 Å². The Morgan fingerprint density at radius 2 is 1.93 bits per heavy atom. The van der Waals surface area contributed by atoms with Crippen LogP contribution in [-0.4, -0.2) is 23.8 Å². The first-order valence-corrected chi connectivity index (χ1v) is 5.57. The normalized spacial score (nSPS) is 33.3. The third-order valence-electron chi connectivity index (χ3n) is 3.15. The molecule has 2 nitrogen and oxygen atoms in total. The van der Waals surface area contributed by atoms with Gasteiger partial charge in [0.15, 0.2) is 0 Å². The molecule has 1 aliphatic carbocycles. The lowest BCUT2D eigenvalue weighted by atomic mass is 10.1. The molecule has 0 aromatic rings. The van der Waals surface area contributed by atoms with E-state index in [2.05, 4.69) is 0 Å². The monoisotopic (exact) mass is 238 g/mol. The van der Waals surface area contributed by atoms with Crippen molar-refractivity contribution in [2.45, 2.75) is 31.5 Å². The fourth-order valence-corrected chi connectivity index (χ4v) is 2.76. The molecule has 0 aromatic heterocycles. The molecule has 1 fully saturated rings. The van der Waals surface area contributed by atoms with E-state index in [1.807, 2.05) is 20.8 Å². The van der Waals surface area contributed by atoms with Gasteiger partial charge in [0.05, 0.1) is 18.4 Å². The van der Waals surface area contributed by atoms with E-state index in [4.69, 9.17) is 27.9 Å². The van der Waals surface area contributed by atoms with Crippen molar-refractivity contribution in [3.05, 3.63) is 0 Å². The first-order valence-electron chi connectivity index (χ1n) is 4.70. The molecule has 0 bridgehead atoms. The fourth-order valence-electron chi connectivity index (χ4n) is 2.13. The van der Waals surface area contributed by atoms with E-state index in [-0.39, 0.29) is 34.0 Å². The highest BCUT2D eigenvalue weighted by atomic mass is 35.5. The molecule has 0 saturated heterocycles. The molecule has 82 valence electrons. The van der Waals surface area contributed by atoms with Crippen molar-refractivity contribution in [1.29, 1.82) is 0 Å². The third-order valence-corrected chi connectivity index (χ3v) is 4.20. The van der Waals surface area contributed by atoms with Gasteiger partial charge in [0.25, 0.3) is 0 Å². The van der Waals surface area contributed by atoms with Crippen LogP contribution in [0.1, 0.15) is 20.8 Å². The van der Waals surface area contributed by atoms with Gasteiger partial charge >= 0.3 is 5.97 Å². The topological polar surface area (TPSA) is 26.3 Å². The Morgan fingerprint density at radius 3 is 2.29 bits per heavy atom. The molecule has 3 unspecified atom stereocenters. The Kier molecular flexibility index (Phi) is 3.37. The molecule has 14 heavy (non-hydrogen) atoms. The Balaban J connectivity index is 2.70. The summed E-state index contributed by atoms with van der Waals surface area (Å²) in [5, 5.41) is -0.300. The van der Waals surface area contributed by atoms with E-state index in [9.17, 15) is 4.79 Å². The van der Waals surface area contributed by atoms with Crippen molar-refractivity contribution in [1.82, 2.24) is 0 Å². The number of hydrogen-bond acceptors (Lipinski definition) is 2. The third kappa shape index (κ3) is 1.87. The molecule has 0 amide bonds. The van der Waals surface area contributed by atoms with Gasteiger partial charge in [-0.3, -0.25) is 4.79 Å². The van der Waals surface area contributed by atoms with Gasteiger partial charge in [-0.2, -0.15) is 0 Å². The summed E-state index contributed by atoms with van der Waals surface area (Å²) in [7, 11) is 1.40. The average Bonchev–Trinajstić information content (AvgIpc) is 2.66. The zero-order valence-electron chi connectivity index (χ0n) is 8.88. The van der Waals surface area contributed by atoms with Crippen LogP contribution in [0.2, 0.25) is 0 Å². The van der Waals surface area contributed by atoms with Crippen LogP contribution in [0, 0.1) is 17.3 Å². The average molecular weight is 239 g/mol. The Bertz CT molecular complexity index is 238. The Hall–Kier alpha value is 0.0500. The number of hydrogen-bond donors (Lipinski definition) is 0. The summed E-state index contributed by atoms with van der Waals surface area (Å²) in [6.07, 6.45) is 0. The summed E-state index contributed by atoms with van der Waals surface area (Å²) in [6.45, 7) is 5.89.